The van der Waals surface area contributed by atoms with E-state index in [-0.39, 0.29) is 11.3 Å². The predicted octanol–water partition coefficient (Wildman–Crippen LogP) is 1.73. The third kappa shape index (κ3) is 3.23. The van der Waals surface area contributed by atoms with Crippen LogP contribution in [-0.4, -0.2) is 48.1 Å². The van der Waals surface area contributed by atoms with Gasteiger partial charge >= 0.3 is 5.97 Å². The Bertz CT molecular complexity index is 406. The number of hydrogen-bond donors (Lipinski definition) is 2. The fraction of sp³-hybridized carbons (Fsp3) is 0.875. The zero-order chi connectivity index (χ0) is 15.7. The molecule has 0 aromatic carbocycles. The Morgan fingerprint density at radius 3 is 2.38 bits per heavy atom. The van der Waals surface area contributed by atoms with Gasteiger partial charge in [0.05, 0.1) is 5.41 Å². The van der Waals surface area contributed by atoms with Crippen molar-refractivity contribution in [2.24, 2.45) is 16.7 Å². The lowest BCUT2D eigenvalue weighted by Gasteiger charge is -2.43. The number of carbonyl (C=O) groups is 2. The van der Waals surface area contributed by atoms with Gasteiger partial charge in [-0.2, -0.15) is 0 Å². The first-order chi connectivity index (χ1) is 9.77. The summed E-state index contributed by atoms with van der Waals surface area (Å²) in [6, 6.07) is 0. The van der Waals surface area contributed by atoms with Crippen LogP contribution in [0.3, 0.4) is 0 Å². The summed E-state index contributed by atoms with van der Waals surface area (Å²) in [5, 5.41) is 12.7. The van der Waals surface area contributed by atoms with Crippen LogP contribution in [0.2, 0.25) is 0 Å². The second-order valence-corrected chi connectivity index (χ2v) is 7.42. The molecule has 5 heteroatoms. The van der Waals surface area contributed by atoms with E-state index in [9.17, 15) is 14.7 Å². The first-order valence-electron chi connectivity index (χ1n) is 8.01. The van der Waals surface area contributed by atoms with Gasteiger partial charge < -0.3 is 15.3 Å². The summed E-state index contributed by atoms with van der Waals surface area (Å²) in [5.74, 6) is -0.194. The van der Waals surface area contributed by atoms with Gasteiger partial charge in [-0.25, -0.2) is 0 Å². The van der Waals surface area contributed by atoms with Crippen molar-refractivity contribution in [3.8, 4) is 0 Å². The maximum Gasteiger partial charge on any atom is 0.309 e. The number of carbonyl (C=O) groups excluding carboxylic acids is 1. The number of carboxylic acid groups (broad SMARTS) is 1. The summed E-state index contributed by atoms with van der Waals surface area (Å²) in [6.45, 7) is 8.93. The molecule has 2 aliphatic heterocycles. The number of piperidine rings is 2. The molecule has 21 heavy (non-hydrogen) atoms. The summed E-state index contributed by atoms with van der Waals surface area (Å²) < 4.78 is 0. The lowest BCUT2D eigenvalue weighted by molar-refractivity contribution is -0.156. The number of nitrogens with zero attached hydrogens (tertiary/aromatic N) is 1. The van der Waals surface area contributed by atoms with Gasteiger partial charge in [0.15, 0.2) is 0 Å². The molecule has 0 aliphatic carbocycles. The van der Waals surface area contributed by atoms with Crippen molar-refractivity contribution in [3.05, 3.63) is 0 Å². The molecule has 0 aromatic heterocycles. The molecule has 0 saturated carbocycles. The lowest BCUT2D eigenvalue weighted by atomic mass is 9.73. The SMILES string of the molecule is CC1(C(=O)O)CCN(C(=O)C(C)(C)C2CCCNC2)CC1. The molecule has 1 atom stereocenters. The fourth-order valence-electron chi connectivity index (χ4n) is 3.47. The molecule has 2 aliphatic rings. The second kappa shape index (κ2) is 5.95. The largest absolute Gasteiger partial charge is 0.481 e. The first kappa shape index (κ1) is 16.3. The third-order valence-electron chi connectivity index (χ3n) is 5.54. The van der Waals surface area contributed by atoms with Crippen LogP contribution in [0.5, 0.6) is 0 Å². The van der Waals surface area contributed by atoms with E-state index in [1.54, 1.807) is 6.92 Å². The van der Waals surface area contributed by atoms with Crippen molar-refractivity contribution in [2.75, 3.05) is 26.2 Å². The van der Waals surface area contributed by atoms with Gasteiger partial charge in [-0.1, -0.05) is 13.8 Å². The Morgan fingerprint density at radius 2 is 1.90 bits per heavy atom. The monoisotopic (exact) mass is 296 g/mol. The van der Waals surface area contributed by atoms with Crippen LogP contribution in [0.4, 0.5) is 0 Å². The van der Waals surface area contributed by atoms with Crippen LogP contribution < -0.4 is 5.32 Å². The van der Waals surface area contributed by atoms with Crippen LogP contribution >= 0.6 is 0 Å². The highest BCUT2D eigenvalue weighted by molar-refractivity contribution is 5.83. The van der Waals surface area contributed by atoms with E-state index in [2.05, 4.69) is 5.32 Å². The Morgan fingerprint density at radius 1 is 1.29 bits per heavy atom. The number of rotatable bonds is 3. The van der Waals surface area contributed by atoms with Gasteiger partial charge in [0, 0.05) is 18.5 Å². The molecule has 5 nitrogen and oxygen atoms in total. The standard InChI is InChI=1S/C16H28N2O3/c1-15(2,12-5-4-8-17-11-12)13(19)18-9-6-16(3,7-10-18)14(20)21/h12,17H,4-11H2,1-3H3,(H,20,21). The molecular weight excluding hydrogens is 268 g/mol. The van der Waals surface area contributed by atoms with Crippen molar-refractivity contribution in [1.29, 1.82) is 0 Å². The molecule has 2 heterocycles. The number of carboxylic acids is 1. The van der Waals surface area contributed by atoms with Gasteiger partial charge in [0.2, 0.25) is 5.91 Å². The van der Waals surface area contributed by atoms with Crippen LogP contribution in [0, 0.1) is 16.7 Å². The minimum absolute atomic E-state index is 0.184. The molecule has 2 rings (SSSR count). The number of aliphatic carboxylic acids is 1. The summed E-state index contributed by atoms with van der Waals surface area (Å²) >= 11 is 0. The zero-order valence-corrected chi connectivity index (χ0v) is 13.4. The highest BCUT2D eigenvalue weighted by Gasteiger charge is 2.43. The van der Waals surface area contributed by atoms with Gasteiger partial charge in [0.1, 0.15) is 0 Å². The van der Waals surface area contributed by atoms with E-state index in [1.165, 1.54) is 0 Å². The maximum atomic E-state index is 12.9. The summed E-state index contributed by atoms with van der Waals surface area (Å²) in [6.07, 6.45) is 3.31. The molecule has 0 bridgehead atoms. The van der Waals surface area contributed by atoms with Crippen LogP contribution in [0.15, 0.2) is 0 Å². The third-order valence-corrected chi connectivity index (χ3v) is 5.54. The van der Waals surface area contributed by atoms with Gasteiger partial charge in [0.25, 0.3) is 0 Å². The maximum absolute atomic E-state index is 12.9. The molecule has 0 aromatic rings. The Hall–Kier alpha value is -1.10. The zero-order valence-electron chi connectivity index (χ0n) is 13.4. The van der Waals surface area contributed by atoms with E-state index in [1.807, 2.05) is 18.7 Å². The van der Waals surface area contributed by atoms with Crippen molar-refractivity contribution in [1.82, 2.24) is 10.2 Å². The average molecular weight is 296 g/mol. The number of likely N-dealkylation sites (tertiary alicyclic amines) is 1. The quantitative estimate of drug-likeness (QED) is 0.832. The van der Waals surface area contributed by atoms with E-state index in [0.29, 0.717) is 31.8 Å². The smallest absolute Gasteiger partial charge is 0.309 e. The van der Waals surface area contributed by atoms with Crippen LogP contribution in [0.1, 0.15) is 46.5 Å². The Kier molecular flexibility index (Phi) is 4.61. The molecule has 1 amide bonds. The minimum atomic E-state index is -0.745. The van der Waals surface area contributed by atoms with Crippen molar-refractivity contribution >= 4 is 11.9 Å². The fourth-order valence-corrected chi connectivity index (χ4v) is 3.47. The topological polar surface area (TPSA) is 69.6 Å². The number of hydrogen-bond acceptors (Lipinski definition) is 3. The molecular formula is C16H28N2O3. The van der Waals surface area contributed by atoms with E-state index in [4.69, 9.17) is 0 Å². The van der Waals surface area contributed by atoms with Gasteiger partial charge in [-0.05, 0) is 51.6 Å². The summed E-state index contributed by atoms with van der Waals surface area (Å²) in [7, 11) is 0. The van der Waals surface area contributed by atoms with Crippen molar-refractivity contribution in [3.63, 3.8) is 0 Å². The molecule has 2 N–H and O–H groups in total. The lowest BCUT2D eigenvalue weighted by Crippen LogP contribution is -2.52. The Labute approximate surface area is 127 Å². The first-order valence-corrected chi connectivity index (χ1v) is 8.01. The van der Waals surface area contributed by atoms with Crippen LogP contribution in [0.25, 0.3) is 0 Å². The molecule has 1 unspecified atom stereocenters. The molecule has 120 valence electrons. The van der Waals surface area contributed by atoms with Gasteiger partial charge in [-0.15, -0.1) is 0 Å². The highest BCUT2D eigenvalue weighted by Crippen LogP contribution is 2.37. The molecule has 0 spiro atoms. The minimum Gasteiger partial charge on any atom is -0.481 e. The van der Waals surface area contributed by atoms with E-state index >= 15 is 0 Å². The van der Waals surface area contributed by atoms with E-state index in [0.717, 1.165) is 25.9 Å². The predicted molar refractivity (Wildman–Crippen MR) is 80.9 cm³/mol. The Balaban J connectivity index is 1.99. The second-order valence-electron chi connectivity index (χ2n) is 7.42. The summed E-state index contributed by atoms with van der Waals surface area (Å²) in [4.78, 5) is 26.0. The van der Waals surface area contributed by atoms with Crippen molar-refractivity contribution in [2.45, 2.75) is 46.5 Å². The van der Waals surface area contributed by atoms with Crippen molar-refractivity contribution < 1.29 is 14.7 Å². The van der Waals surface area contributed by atoms with Crippen LogP contribution in [-0.2, 0) is 9.59 Å². The van der Waals surface area contributed by atoms with E-state index < -0.39 is 11.4 Å². The molecule has 2 fully saturated rings. The molecule has 2 saturated heterocycles. The molecule has 0 radical (unpaired) electrons. The average Bonchev–Trinajstić information content (AvgIpc) is 2.48. The van der Waals surface area contributed by atoms with Gasteiger partial charge in [-0.3, -0.25) is 9.59 Å². The highest BCUT2D eigenvalue weighted by atomic mass is 16.4. The number of amides is 1. The summed E-state index contributed by atoms with van der Waals surface area (Å²) in [5.41, 5.74) is -1.04. The normalized spacial score (nSPS) is 26.4. The number of nitrogens with one attached hydrogen (secondary N) is 1.